The van der Waals surface area contributed by atoms with Crippen LogP contribution in [0.25, 0.3) is 0 Å². The van der Waals surface area contributed by atoms with Crippen LogP contribution in [0, 0.1) is 11.3 Å². The van der Waals surface area contributed by atoms with Crippen molar-refractivity contribution < 1.29 is 4.79 Å². The smallest absolute Gasteiger partial charge is 0.158 e. The van der Waals surface area contributed by atoms with Crippen molar-refractivity contribution in [3.8, 4) is 6.07 Å². The molecule has 102 valence electrons. The summed E-state index contributed by atoms with van der Waals surface area (Å²) >= 11 is 1.49. The fourth-order valence-corrected chi connectivity index (χ4v) is 3.16. The largest absolute Gasteiger partial charge is 0.353 e. The summed E-state index contributed by atoms with van der Waals surface area (Å²) < 4.78 is 0. The highest BCUT2D eigenvalue weighted by Gasteiger charge is 2.32. The quantitative estimate of drug-likeness (QED) is 0.925. The Morgan fingerprint density at radius 2 is 2.00 bits per heavy atom. The molecule has 0 aromatic heterocycles. The molecule has 1 aliphatic rings. The average molecular weight is 284 g/mol. The lowest BCUT2D eigenvalue weighted by molar-refractivity contribution is -0.113. The monoisotopic (exact) mass is 284 g/mol. The summed E-state index contributed by atoms with van der Waals surface area (Å²) in [6, 6.07) is 12.0. The first kappa shape index (κ1) is 14.4. The zero-order valence-electron chi connectivity index (χ0n) is 11.7. The van der Waals surface area contributed by atoms with Crippen LogP contribution < -0.4 is 5.32 Å². The number of carbonyl (C=O) groups is 1. The van der Waals surface area contributed by atoms with Gasteiger partial charge in [-0.15, -0.1) is 11.8 Å². The minimum Gasteiger partial charge on any atom is -0.353 e. The minimum absolute atomic E-state index is 0.00300. The molecule has 0 radical (unpaired) electrons. The van der Waals surface area contributed by atoms with Crippen LogP contribution in [0.4, 0.5) is 0 Å². The third-order valence-electron chi connectivity index (χ3n) is 3.36. The van der Waals surface area contributed by atoms with Crippen molar-refractivity contribution in [1.82, 2.24) is 5.32 Å². The van der Waals surface area contributed by atoms with Crippen LogP contribution in [-0.2, 0) is 4.79 Å². The number of dihydropyridines is 1. The molecule has 4 heteroatoms. The van der Waals surface area contributed by atoms with Crippen molar-refractivity contribution >= 4 is 17.5 Å². The van der Waals surface area contributed by atoms with Gasteiger partial charge in [0.15, 0.2) is 5.78 Å². The van der Waals surface area contributed by atoms with E-state index in [-0.39, 0.29) is 11.7 Å². The van der Waals surface area contributed by atoms with Crippen LogP contribution >= 0.6 is 11.8 Å². The van der Waals surface area contributed by atoms with Gasteiger partial charge in [0.05, 0.1) is 22.6 Å². The number of hydrogen-bond acceptors (Lipinski definition) is 4. The summed E-state index contributed by atoms with van der Waals surface area (Å²) in [6.07, 6.45) is 1.92. The second-order valence-corrected chi connectivity index (χ2v) is 5.44. The molecule has 0 unspecified atom stereocenters. The van der Waals surface area contributed by atoms with Crippen LogP contribution in [0.3, 0.4) is 0 Å². The van der Waals surface area contributed by atoms with Crippen molar-refractivity contribution in [3.63, 3.8) is 0 Å². The number of rotatable bonds is 3. The molecule has 1 heterocycles. The first-order valence-electron chi connectivity index (χ1n) is 6.32. The molecular weight excluding hydrogens is 268 g/mol. The molecule has 0 aliphatic carbocycles. The normalized spacial score (nSPS) is 18.6. The fourth-order valence-electron chi connectivity index (χ4n) is 2.52. The van der Waals surface area contributed by atoms with E-state index in [1.165, 1.54) is 11.8 Å². The Morgan fingerprint density at radius 3 is 2.50 bits per heavy atom. The number of carbonyl (C=O) groups excluding carboxylic acids is 1. The molecule has 0 fully saturated rings. The van der Waals surface area contributed by atoms with Crippen molar-refractivity contribution in [2.24, 2.45) is 0 Å². The third-order valence-corrected chi connectivity index (χ3v) is 4.09. The van der Waals surface area contributed by atoms with Gasteiger partial charge < -0.3 is 5.32 Å². The Labute approximate surface area is 123 Å². The highest BCUT2D eigenvalue weighted by Crippen LogP contribution is 2.39. The highest BCUT2D eigenvalue weighted by atomic mass is 32.2. The maximum atomic E-state index is 12.0. The molecule has 0 bridgehead atoms. The standard InChI is InChI=1S/C16H16N2OS/c1-10-14(11(2)19)15(12-7-5-4-6-8-12)13(9-17)16(18-10)20-3/h4-8,15,18H,1-3H3/t15-/m0/s1. The van der Waals surface area contributed by atoms with Crippen LogP contribution in [0.1, 0.15) is 25.3 Å². The first-order valence-corrected chi connectivity index (χ1v) is 7.54. The molecule has 1 atom stereocenters. The van der Waals surface area contributed by atoms with E-state index in [2.05, 4.69) is 11.4 Å². The SMILES string of the molecule is CSC1=C(C#N)[C@H](c2ccccc2)C(C(C)=O)=C(C)N1. The van der Waals surface area contributed by atoms with Crippen molar-refractivity contribution in [2.75, 3.05) is 6.26 Å². The Bertz CT molecular complexity index is 638. The van der Waals surface area contributed by atoms with E-state index in [0.29, 0.717) is 11.1 Å². The molecule has 0 saturated heterocycles. The summed E-state index contributed by atoms with van der Waals surface area (Å²) in [4.78, 5) is 12.0. The molecule has 0 saturated carbocycles. The summed E-state index contributed by atoms with van der Waals surface area (Å²) in [6.45, 7) is 3.44. The number of Topliss-reactive ketones (excluding diaryl/α,β-unsaturated/α-hetero) is 1. The average Bonchev–Trinajstić information content (AvgIpc) is 2.46. The second kappa shape index (κ2) is 5.98. The number of allylic oxidation sites excluding steroid dienone is 3. The van der Waals surface area contributed by atoms with Crippen LogP contribution in [-0.4, -0.2) is 12.0 Å². The second-order valence-electron chi connectivity index (χ2n) is 4.62. The van der Waals surface area contributed by atoms with Gasteiger partial charge in [-0.05, 0) is 25.7 Å². The lowest BCUT2D eigenvalue weighted by Gasteiger charge is -2.28. The molecule has 1 N–H and O–H groups in total. The van der Waals surface area contributed by atoms with Gasteiger partial charge >= 0.3 is 0 Å². The van der Waals surface area contributed by atoms with E-state index in [1.54, 1.807) is 6.92 Å². The van der Waals surface area contributed by atoms with Gasteiger partial charge in [0, 0.05) is 11.3 Å². The zero-order valence-corrected chi connectivity index (χ0v) is 12.5. The summed E-state index contributed by atoms with van der Waals surface area (Å²) in [7, 11) is 0. The number of nitrogens with zero attached hydrogens (tertiary/aromatic N) is 1. The van der Waals surface area contributed by atoms with E-state index in [1.807, 2.05) is 43.5 Å². The summed E-state index contributed by atoms with van der Waals surface area (Å²) in [5.74, 6) is -0.279. The van der Waals surface area contributed by atoms with Gasteiger partial charge in [-0.1, -0.05) is 30.3 Å². The Hall–Kier alpha value is -1.99. The van der Waals surface area contributed by atoms with E-state index in [9.17, 15) is 10.1 Å². The number of nitrogens with one attached hydrogen (secondary N) is 1. The predicted molar refractivity (Wildman–Crippen MR) is 81.9 cm³/mol. The van der Waals surface area contributed by atoms with Gasteiger partial charge in [-0.2, -0.15) is 5.26 Å². The fraction of sp³-hybridized carbons (Fsp3) is 0.250. The summed E-state index contributed by atoms with van der Waals surface area (Å²) in [5.41, 5.74) is 3.08. The lowest BCUT2D eigenvalue weighted by atomic mass is 9.81. The summed E-state index contributed by atoms with van der Waals surface area (Å²) in [5, 5.41) is 13.5. The van der Waals surface area contributed by atoms with Crippen molar-refractivity contribution in [2.45, 2.75) is 19.8 Å². The number of thioether (sulfide) groups is 1. The van der Waals surface area contributed by atoms with E-state index >= 15 is 0 Å². The number of ketones is 1. The predicted octanol–water partition coefficient (Wildman–Crippen LogP) is 3.33. The lowest BCUT2D eigenvalue weighted by Crippen LogP contribution is -2.26. The van der Waals surface area contributed by atoms with Crippen LogP contribution in [0.2, 0.25) is 0 Å². The van der Waals surface area contributed by atoms with Gasteiger partial charge in [-0.25, -0.2) is 0 Å². The Balaban J connectivity index is 2.66. The molecule has 1 aliphatic heterocycles. The van der Waals surface area contributed by atoms with Crippen LogP contribution in [0.15, 0.2) is 52.2 Å². The van der Waals surface area contributed by atoms with Gasteiger partial charge in [-0.3, -0.25) is 4.79 Å². The van der Waals surface area contributed by atoms with Gasteiger partial charge in [0.1, 0.15) is 0 Å². The van der Waals surface area contributed by atoms with E-state index < -0.39 is 0 Å². The maximum absolute atomic E-state index is 12.0. The first-order chi connectivity index (χ1) is 9.60. The van der Waals surface area contributed by atoms with Gasteiger partial charge in [0.2, 0.25) is 0 Å². The van der Waals surface area contributed by atoms with E-state index in [0.717, 1.165) is 16.3 Å². The maximum Gasteiger partial charge on any atom is 0.158 e. The number of benzene rings is 1. The van der Waals surface area contributed by atoms with E-state index in [4.69, 9.17) is 0 Å². The van der Waals surface area contributed by atoms with Crippen LogP contribution in [0.5, 0.6) is 0 Å². The van der Waals surface area contributed by atoms with Crippen molar-refractivity contribution in [3.05, 3.63) is 57.8 Å². The molecule has 2 rings (SSSR count). The Morgan fingerprint density at radius 1 is 1.35 bits per heavy atom. The highest BCUT2D eigenvalue weighted by molar-refractivity contribution is 8.02. The molecule has 1 aromatic carbocycles. The third kappa shape index (κ3) is 2.50. The minimum atomic E-state index is -0.276. The molecule has 0 spiro atoms. The molecular formula is C16H16N2OS. The van der Waals surface area contributed by atoms with Crippen molar-refractivity contribution in [1.29, 1.82) is 5.26 Å². The molecule has 3 nitrogen and oxygen atoms in total. The molecule has 1 aromatic rings. The number of hydrogen-bond donors (Lipinski definition) is 1. The topological polar surface area (TPSA) is 52.9 Å². The zero-order chi connectivity index (χ0) is 14.7. The molecule has 0 amide bonds. The molecule has 20 heavy (non-hydrogen) atoms. The Kier molecular flexibility index (Phi) is 4.31. The number of nitriles is 1. The van der Waals surface area contributed by atoms with Gasteiger partial charge in [0.25, 0.3) is 0 Å².